The molecule has 0 aromatic carbocycles. The van der Waals surface area contributed by atoms with Gasteiger partial charge in [0, 0.05) is 11.4 Å². The number of nitrogens with zero attached hydrogens (tertiary/aromatic N) is 1. The summed E-state index contributed by atoms with van der Waals surface area (Å²) in [6.07, 6.45) is 4.43. The molecule has 0 saturated heterocycles. The average Bonchev–Trinajstić information content (AvgIpc) is 2.69. The van der Waals surface area contributed by atoms with Crippen molar-refractivity contribution in [2.24, 2.45) is 0 Å². The van der Waals surface area contributed by atoms with Gasteiger partial charge in [-0.1, -0.05) is 0 Å². The number of aryl methyl sites for hydroxylation is 1. The van der Waals surface area contributed by atoms with Crippen LogP contribution in [0, 0.1) is 6.92 Å². The molecule has 0 spiro atoms. The van der Waals surface area contributed by atoms with E-state index in [-0.39, 0.29) is 5.97 Å². The Morgan fingerprint density at radius 3 is 2.94 bits per heavy atom. The van der Waals surface area contributed by atoms with Crippen LogP contribution in [0.3, 0.4) is 0 Å². The number of hydrogen-bond donors (Lipinski definition) is 1. The second-order valence-corrected chi connectivity index (χ2v) is 5.73. The highest BCUT2D eigenvalue weighted by Gasteiger charge is 2.15. The van der Waals surface area contributed by atoms with Crippen LogP contribution in [-0.2, 0) is 4.74 Å². The quantitative estimate of drug-likeness (QED) is 0.612. The first-order chi connectivity index (χ1) is 8.19. The number of ether oxygens (including phenoxy) is 1. The molecule has 0 radical (unpaired) electrons. The maximum absolute atomic E-state index is 11.4. The van der Waals surface area contributed by atoms with Gasteiger partial charge in [0.25, 0.3) is 0 Å². The van der Waals surface area contributed by atoms with Crippen molar-refractivity contribution in [3.63, 3.8) is 0 Å². The summed E-state index contributed by atoms with van der Waals surface area (Å²) in [4.78, 5) is 16.5. The number of thioether (sulfide) groups is 1. The van der Waals surface area contributed by atoms with E-state index < -0.39 is 0 Å². The largest absolute Gasteiger partial charge is 0.464 e. The molecule has 1 aromatic rings. The molecular formula is C11H18N2O2S2. The molecule has 0 unspecified atom stereocenters. The molecule has 0 amide bonds. The minimum atomic E-state index is -0.366. The van der Waals surface area contributed by atoms with Crippen LogP contribution in [-0.4, -0.2) is 36.6 Å². The van der Waals surface area contributed by atoms with Crippen LogP contribution in [0.2, 0.25) is 0 Å². The Bertz CT molecular complexity index is 366. The molecule has 0 aliphatic heterocycles. The number of aromatic nitrogens is 1. The average molecular weight is 274 g/mol. The van der Waals surface area contributed by atoms with Crippen LogP contribution < -0.4 is 5.32 Å². The third-order valence-electron chi connectivity index (χ3n) is 2.23. The molecule has 6 heteroatoms. The molecule has 0 bridgehead atoms. The summed E-state index contributed by atoms with van der Waals surface area (Å²) < 4.78 is 4.66. The van der Waals surface area contributed by atoms with Crippen LogP contribution in [0.25, 0.3) is 0 Å². The predicted octanol–water partition coefficient (Wildman–Crippen LogP) is 2.79. The lowest BCUT2D eigenvalue weighted by Gasteiger charge is -2.01. The van der Waals surface area contributed by atoms with E-state index in [1.165, 1.54) is 30.6 Å². The summed E-state index contributed by atoms with van der Waals surface area (Å²) in [6, 6.07) is 0. The zero-order chi connectivity index (χ0) is 12.7. The Hall–Kier alpha value is -0.750. The fourth-order valence-corrected chi connectivity index (χ4v) is 2.64. The van der Waals surface area contributed by atoms with Gasteiger partial charge in [0.2, 0.25) is 0 Å². The number of nitrogens with one attached hydrogen (secondary N) is 1. The van der Waals surface area contributed by atoms with Gasteiger partial charge in [-0.25, -0.2) is 9.78 Å². The zero-order valence-corrected chi connectivity index (χ0v) is 12.0. The van der Waals surface area contributed by atoms with E-state index in [1.54, 1.807) is 0 Å². The van der Waals surface area contributed by atoms with Crippen LogP contribution in [0.1, 0.15) is 28.2 Å². The molecule has 0 fully saturated rings. The smallest absolute Gasteiger partial charge is 0.357 e. The first-order valence-electron chi connectivity index (χ1n) is 5.47. The standard InChI is InChI=1S/C11H18N2O2S2/c1-8-9(10(14)15-2)13-11(17-8)12-6-4-5-7-16-3/h4-7H2,1-3H3,(H,12,13). The predicted molar refractivity (Wildman–Crippen MR) is 74.3 cm³/mol. The molecule has 0 atom stereocenters. The summed E-state index contributed by atoms with van der Waals surface area (Å²) in [7, 11) is 1.37. The molecule has 1 heterocycles. The fourth-order valence-electron chi connectivity index (χ4n) is 1.32. The zero-order valence-electron chi connectivity index (χ0n) is 10.4. The Balaban J connectivity index is 2.42. The number of anilines is 1. The summed E-state index contributed by atoms with van der Waals surface area (Å²) in [6.45, 7) is 2.77. The van der Waals surface area contributed by atoms with Gasteiger partial charge >= 0.3 is 5.97 Å². The molecule has 0 aliphatic carbocycles. The van der Waals surface area contributed by atoms with Gasteiger partial charge < -0.3 is 10.1 Å². The number of hydrogen-bond acceptors (Lipinski definition) is 6. The number of thiazole rings is 1. The monoisotopic (exact) mass is 274 g/mol. The lowest BCUT2D eigenvalue weighted by molar-refractivity contribution is 0.0594. The maximum Gasteiger partial charge on any atom is 0.357 e. The lowest BCUT2D eigenvalue weighted by atomic mass is 10.3. The van der Waals surface area contributed by atoms with Gasteiger partial charge in [-0.15, -0.1) is 11.3 Å². The third kappa shape index (κ3) is 4.55. The van der Waals surface area contributed by atoms with Gasteiger partial charge in [-0.2, -0.15) is 11.8 Å². The summed E-state index contributed by atoms with van der Waals surface area (Å²) in [5, 5.41) is 4.03. The number of methoxy groups -OCH3 is 1. The molecule has 0 saturated carbocycles. The van der Waals surface area contributed by atoms with E-state index in [2.05, 4.69) is 21.3 Å². The topological polar surface area (TPSA) is 51.2 Å². The van der Waals surface area contributed by atoms with E-state index in [1.807, 2.05) is 18.7 Å². The first-order valence-corrected chi connectivity index (χ1v) is 7.68. The van der Waals surface area contributed by atoms with E-state index in [0.717, 1.165) is 23.0 Å². The van der Waals surface area contributed by atoms with Crippen molar-refractivity contribution in [2.45, 2.75) is 19.8 Å². The van der Waals surface area contributed by atoms with E-state index in [9.17, 15) is 4.79 Å². The van der Waals surface area contributed by atoms with Gasteiger partial charge in [-0.3, -0.25) is 0 Å². The number of carbonyl (C=O) groups excluding carboxylic acids is 1. The minimum Gasteiger partial charge on any atom is -0.464 e. The highest BCUT2D eigenvalue weighted by atomic mass is 32.2. The molecule has 17 heavy (non-hydrogen) atoms. The number of rotatable bonds is 7. The van der Waals surface area contributed by atoms with Gasteiger partial charge in [0.1, 0.15) is 0 Å². The van der Waals surface area contributed by atoms with Crippen molar-refractivity contribution in [1.29, 1.82) is 0 Å². The van der Waals surface area contributed by atoms with E-state index >= 15 is 0 Å². The van der Waals surface area contributed by atoms with E-state index in [4.69, 9.17) is 0 Å². The van der Waals surface area contributed by atoms with Crippen molar-refractivity contribution in [2.75, 3.05) is 31.0 Å². The Kier molecular flexibility index (Phi) is 6.36. The first kappa shape index (κ1) is 14.3. The summed E-state index contributed by atoms with van der Waals surface area (Å²) >= 11 is 3.35. The Labute approximate surface area is 110 Å². The lowest BCUT2D eigenvalue weighted by Crippen LogP contribution is -2.05. The third-order valence-corrected chi connectivity index (χ3v) is 3.85. The maximum atomic E-state index is 11.4. The highest BCUT2D eigenvalue weighted by Crippen LogP contribution is 2.22. The van der Waals surface area contributed by atoms with Crippen LogP contribution in [0.4, 0.5) is 5.13 Å². The van der Waals surface area contributed by atoms with E-state index in [0.29, 0.717) is 5.69 Å². The second-order valence-electron chi connectivity index (χ2n) is 3.54. The minimum absolute atomic E-state index is 0.366. The fraction of sp³-hybridized carbons (Fsp3) is 0.636. The second kappa shape index (κ2) is 7.55. The van der Waals surface area contributed by atoms with Crippen molar-refractivity contribution in [3.8, 4) is 0 Å². The molecule has 1 N–H and O–H groups in total. The van der Waals surface area contributed by atoms with Crippen LogP contribution in [0.15, 0.2) is 0 Å². The Morgan fingerprint density at radius 2 is 2.29 bits per heavy atom. The van der Waals surface area contributed by atoms with Crippen LogP contribution >= 0.6 is 23.1 Å². The summed E-state index contributed by atoms with van der Waals surface area (Å²) in [5.74, 6) is 0.820. The summed E-state index contributed by atoms with van der Waals surface area (Å²) in [5.41, 5.74) is 0.420. The Morgan fingerprint density at radius 1 is 1.53 bits per heavy atom. The molecule has 0 aliphatic rings. The number of carbonyl (C=O) groups is 1. The molecule has 1 aromatic heterocycles. The number of esters is 1. The molecular weight excluding hydrogens is 256 g/mol. The number of unbranched alkanes of at least 4 members (excludes halogenated alkanes) is 1. The van der Waals surface area contributed by atoms with Crippen molar-refractivity contribution >= 4 is 34.2 Å². The van der Waals surface area contributed by atoms with Crippen molar-refractivity contribution in [3.05, 3.63) is 10.6 Å². The van der Waals surface area contributed by atoms with Crippen molar-refractivity contribution < 1.29 is 9.53 Å². The highest BCUT2D eigenvalue weighted by molar-refractivity contribution is 7.98. The van der Waals surface area contributed by atoms with Crippen LogP contribution in [0.5, 0.6) is 0 Å². The van der Waals surface area contributed by atoms with Gasteiger partial charge in [0.05, 0.1) is 7.11 Å². The molecule has 4 nitrogen and oxygen atoms in total. The molecule has 1 rings (SSSR count). The van der Waals surface area contributed by atoms with Gasteiger partial charge in [0.15, 0.2) is 10.8 Å². The van der Waals surface area contributed by atoms with Gasteiger partial charge in [-0.05, 0) is 31.8 Å². The normalized spacial score (nSPS) is 10.3. The molecule has 96 valence electrons. The van der Waals surface area contributed by atoms with Crippen molar-refractivity contribution in [1.82, 2.24) is 4.98 Å². The SMILES string of the molecule is COC(=O)c1nc(NCCCCSC)sc1C.